The van der Waals surface area contributed by atoms with Gasteiger partial charge in [-0.15, -0.1) is 24.0 Å². The summed E-state index contributed by atoms with van der Waals surface area (Å²) in [6.07, 6.45) is 2.69. The third-order valence-corrected chi connectivity index (χ3v) is 4.59. The summed E-state index contributed by atoms with van der Waals surface area (Å²) < 4.78 is 5.47. The van der Waals surface area contributed by atoms with Crippen LogP contribution in [-0.4, -0.2) is 31.1 Å². The maximum atomic E-state index is 5.47. The molecule has 0 amide bonds. The molecule has 2 N–H and O–H groups in total. The van der Waals surface area contributed by atoms with Crippen LogP contribution in [-0.2, 0) is 13.0 Å². The fourth-order valence-electron chi connectivity index (χ4n) is 3.22. The number of nitrogens with zero attached hydrogens (tertiary/aromatic N) is 2. The fourth-order valence-corrected chi connectivity index (χ4v) is 3.22. The van der Waals surface area contributed by atoms with Crippen LogP contribution in [0.2, 0.25) is 0 Å². The molecule has 154 valence electrons. The third kappa shape index (κ3) is 6.32. The first-order chi connectivity index (χ1) is 13.7. The number of pyridine rings is 1. The van der Waals surface area contributed by atoms with Crippen LogP contribution in [0.3, 0.4) is 0 Å². The second-order valence-corrected chi connectivity index (χ2v) is 6.68. The molecule has 0 unspecified atom stereocenters. The van der Waals surface area contributed by atoms with Crippen LogP contribution in [0.15, 0.2) is 59.7 Å². The lowest BCUT2D eigenvalue weighted by molar-refractivity contribution is 0.409. The number of hydrogen-bond donors (Lipinski definition) is 2. The minimum atomic E-state index is 0. The van der Waals surface area contributed by atoms with Gasteiger partial charge in [-0.2, -0.15) is 0 Å². The third-order valence-electron chi connectivity index (χ3n) is 4.59. The lowest BCUT2D eigenvalue weighted by Crippen LogP contribution is -2.38. The molecule has 0 bridgehead atoms. The molecule has 3 aromatic rings. The Balaban J connectivity index is 0.00000300. The quantitative estimate of drug-likeness (QED) is 0.283. The summed E-state index contributed by atoms with van der Waals surface area (Å²) in [7, 11) is 1.71. The lowest BCUT2D eigenvalue weighted by Gasteiger charge is -2.13. The number of rotatable bonds is 7. The Hall–Kier alpha value is -2.35. The first-order valence-corrected chi connectivity index (χ1v) is 9.69. The lowest BCUT2D eigenvalue weighted by atomic mass is 10.1. The molecule has 0 fully saturated rings. The average molecular weight is 504 g/mol. The number of benzene rings is 2. The molecule has 2 aromatic carbocycles. The predicted octanol–water partition coefficient (Wildman–Crippen LogP) is 4.47. The van der Waals surface area contributed by atoms with Crippen LogP contribution in [0, 0.1) is 6.92 Å². The molecule has 5 nitrogen and oxygen atoms in total. The van der Waals surface area contributed by atoms with Gasteiger partial charge in [-0.1, -0.05) is 42.0 Å². The van der Waals surface area contributed by atoms with Crippen molar-refractivity contribution in [2.24, 2.45) is 4.99 Å². The maximum Gasteiger partial charge on any atom is 0.191 e. The molecule has 0 spiro atoms. The molecule has 1 heterocycles. The smallest absolute Gasteiger partial charge is 0.191 e. The molecular weight excluding hydrogens is 475 g/mol. The number of hydrogen-bond acceptors (Lipinski definition) is 3. The highest BCUT2D eigenvalue weighted by atomic mass is 127. The van der Waals surface area contributed by atoms with Gasteiger partial charge in [-0.3, -0.25) is 4.98 Å². The van der Waals surface area contributed by atoms with Gasteiger partial charge in [-0.25, -0.2) is 4.99 Å². The van der Waals surface area contributed by atoms with Gasteiger partial charge in [0.15, 0.2) is 5.96 Å². The highest BCUT2D eigenvalue weighted by Gasteiger charge is 2.05. The topological polar surface area (TPSA) is 58.5 Å². The van der Waals surface area contributed by atoms with Crippen LogP contribution in [0.25, 0.3) is 10.9 Å². The highest BCUT2D eigenvalue weighted by molar-refractivity contribution is 14.0. The van der Waals surface area contributed by atoms with Crippen molar-refractivity contribution in [3.63, 3.8) is 0 Å². The standard InChI is InChI=1S/C23H28N4O.HI/c1-4-24-23(26-14-12-19-15-17(2)10-11-21(19)28-3)27-16-20-8-5-7-18-9-6-13-25-22(18)20;/h5-11,13,15H,4,12,14,16H2,1-3H3,(H2,24,26,27);1H. The van der Waals surface area contributed by atoms with Gasteiger partial charge < -0.3 is 15.4 Å². The van der Waals surface area contributed by atoms with E-state index in [4.69, 9.17) is 9.73 Å². The number of para-hydroxylation sites is 1. The molecule has 0 aliphatic rings. The maximum absolute atomic E-state index is 5.47. The summed E-state index contributed by atoms with van der Waals surface area (Å²) in [5.74, 6) is 1.73. The number of aliphatic imine (C=N–C) groups is 1. The molecule has 0 saturated heterocycles. The number of guanidine groups is 1. The SMILES string of the molecule is CCNC(=NCc1cccc2cccnc12)NCCc1cc(C)ccc1OC.I. The van der Waals surface area contributed by atoms with Crippen molar-refractivity contribution in [2.75, 3.05) is 20.2 Å². The highest BCUT2D eigenvalue weighted by Crippen LogP contribution is 2.20. The zero-order valence-electron chi connectivity index (χ0n) is 17.2. The summed E-state index contributed by atoms with van der Waals surface area (Å²) in [4.78, 5) is 9.26. The molecule has 6 heteroatoms. The zero-order valence-corrected chi connectivity index (χ0v) is 19.6. The number of aromatic nitrogens is 1. The predicted molar refractivity (Wildman–Crippen MR) is 131 cm³/mol. The molecule has 29 heavy (non-hydrogen) atoms. The first-order valence-electron chi connectivity index (χ1n) is 9.69. The largest absolute Gasteiger partial charge is 0.496 e. The number of aryl methyl sites for hydroxylation is 1. The second kappa shape index (κ2) is 11.6. The molecule has 0 saturated carbocycles. The second-order valence-electron chi connectivity index (χ2n) is 6.68. The molecule has 3 rings (SSSR count). The monoisotopic (exact) mass is 504 g/mol. The number of fused-ring (bicyclic) bond motifs is 1. The van der Waals surface area contributed by atoms with E-state index in [1.165, 1.54) is 11.1 Å². The minimum absolute atomic E-state index is 0. The van der Waals surface area contributed by atoms with E-state index in [0.29, 0.717) is 6.54 Å². The van der Waals surface area contributed by atoms with Crippen molar-refractivity contribution in [1.82, 2.24) is 15.6 Å². The van der Waals surface area contributed by atoms with Crippen LogP contribution >= 0.6 is 24.0 Å². The van der Waals surface area contributed by atoms with Gasteiger partial charge in [0.25, 0.3) is 0 Å². The molecule has 0 aliphatic carbocycles. The summed E-state index contributed by atoms with van der Waals surface area (Å²) >= 11 is 0. The van der Waals surface area contributed by atoms with Crippen LogP contribution < -0.4 is 15.4 Å². The van der Waals surface area contributed by atoms with Crippen molar-refractivity contribution in [2.45, 2.75) is 26.8 Å². The number of halogens is 1. The van der Waals surface area contributed by atoms with E-state index in [9.17, 15) is 0 Å². The van der Waals surface area contributed by atoms with Crippen molar-refractivity contribution in [3.05, 3.63) is 71.4 Å². The molecular formula is C23H29IN4O. The van der Waals surface area contributed by atoms with E-state index in [-0.39, 0.29) is 24.0 Å². The Bertz CT molecular complexity index is 953. The van der Waals surface area contributed by atoms with Crippen molar-refractivity contribution < 1.29 is 4.74 Å². The van der Waals surface area contributed by atoms with Crippen molar-refractivity contribution >= 4 is 40.8 Å². The fraction of sp³-hybridized carbons (Fsp3) is 0.304. The summed E-state index contributed by atoms with van der Waals surface area (Å²) in [5, 5.41) is 7.87. The normalized spacial score (nSPS) is 11.1. The van der Waals surface area contributed by atoms with Gasteiger partial charge in [0, 0.05) is 24.7 Å². The Morgan fingerprint density at radius 1 is 1.07 bits per heavy atom. The van der Waals surface area contributed by atoms with Crippen LogP contribution in [0.4, 0.5) is 0 Å². The molecule has 0 atom stereocenters. The van der Waals surface area contributed by atoms with E-state index >= 15 is 0 Å². The van der Waals surface area contributed by atoms with Crippen LogP contribution in [0.1, 0.15) is 23.6 Å². The van der Waals surface area contributed by atoms with E-state index in [1.807, 2.05) is 18.3 Å². The summed E-state index contributed by atoms with van der Waals surface area (Å²) in [5.41, 5.74) is 4.56. The van der Waals surface area contributed by atoms with Gasteiger partial charge in [0.05, 0.1) is 19.2 Å². The van der Waals surface area contributed by atoms with Gasteiger partial charge in [0.2, 0.25) is 0 Å². The average Bonchev–Trinajstić information content (AvgIpc) is 2.72. The van der Waals surface area contributed by atoms with Crippen molar-refractivity contribution in [1.29, 1.82) is 0 Å². The Morgan fingerprint density at radius 2 is 1.90 bits per heavy atom. The summed E-state index contributed by atoms with van der Waals surface area (Å²) in [6, 6.07) is 16.5. The first kappa shape index (κ1) is 22.9. The number of ether oxygens (including phenoxy) is 1. The van der Waals surface area contributed by atoms with E-state index in [2.05, 4.69) is 65.9 Å². The number of nitrogens with one attached hydrogen (secondary N) is 2. The van der Waals surface area contributed by atoms with Crippen LogP contribution in [0.5, 0.6) is 5.75 Å². The van der Waals surface area contributed by atoms with Gasteiger partial charge in [-0.05, 0) is 43.5 Å². The van der Waals surface area contributed by atoms with E-state index < -0.39 is 0 Å². The van der Waals surface area contributed by atoms with Gasteiger partial charge in [0.1, 0.15) is 5.75 Å². The molecule has 0 radical (unpaired) electrons. The molecule has 0 aliphatic heterocycles. The van der Waals surface area contributed by atoms with Gasteiger partial charge >= 0.3 is 0 Å². The Kier molecular flexibility index (Phi) is 9.18. The molecule has 1 aromatic heterocycles. The van der Waals surface area contributed by atoms with E-state index in [1.54, 1.807) is 7.11 Å². The summed E-state index contributed by atoms with van der Waals surface area (Å²) in [6.45, 7) is 6.34. The van der Waals surface area contributed by atoms with Crippen molar-refractivity contribution in [3.8, 4) is 5.75 Å². The Labute approximate surface area is 190 Å². The zero-order chi connectivity index (χ0) is 19.8. The minimum Gasteiger partial charge on any atom is -0.496 e. The Morgan fingerprint density at radius 3 is 2.69 bits per heavy atom. The number of methoxy groups -OCH3 is 1. The van der Waals surface area contributed by atoms with E-state index in [0.717, 1.165) is 47.7 Å².